The van der Waals surface area contributed by atoms with Gasteiger partial charge in [-0.1, -0.05) is 6.92 Å². The highest BCUT2D eigenvalue weighted by molar-refractivity contribution is 7.16. The van der Waals surface area contributed by atoms with Crippen molar-refractivity contribution in [3.05, 3.63) is 17.3 Å². The summed E-state index contributed by atoms with van der Waals surface area (Å²) in [7, 11) is 2.17. The molecule has 0 radical (unpaired) electrons. The van der Waals surface area contributed by atoms with Gasteiger partial charge in [-0.3, -0.25) is 4.90 Å². The molecule has 1 saturated heterocycles. The Morgan fingerprint density at radius 1 is 1.38 bits per heavy atom. The van der Waals surface area contributed by atoms with Gasteiger partial charge >= 0.3 is 0 Å². The molecule has 1 aliphatic heterocycles. The summed E-state index contributed by atoms with van der Waals surface area (Å²) in [6, 6.07) is 2.61. The van der Waals surface area contributed by atoms with Crippen LogP contribution in [0.4, 0.5) is 5.82 Å². The first-order valence-corrected chi connectivity index (χ1v) is 8.47. The molecule has 3 rings (SSSR count). The molecule has 114 valence electrons. The molecule has 0 bridgehead atoms. The molecule has 0 unspecified atom stereocenters. The van der Waals surface area contributed by atoms with Crippen LogP contribution in [0.5, 0.6) is 0 Å². The minimum Gasteiger partial charge on any atom is -0.383 e. The van der Waals surface area contributed by atoms with Crippen molar-refractivity contribution in [1.29, 1.82) is 0 Å². The Morgan fingerprint density at radius 2 is 2.14 bits per heavy atom. The van der Waals surface area contributed by atoms with Gasteiger partial charge in [0.15, 0.2) is 0 Å². The Labute approximate surface area is 129 Å². The molecular weight excluding hydrogens is 282 g/mol. The molecule has 0 aromatic carbocycles. The Bertz CT molecular complexity index is 603. The molecule has 1 fully saturated rings. The summed E-state index contributed by atoms with van der Waals surface area (Å²) in [6.45, 7) is 6.55. The van der Waals surface area contributed by atoms with Gasteiger partial charge in [-0.15, -0.1) is 11.3 Å². The van der Waals surface area contributed by atoms with Crippen molar-refractivity contribution in [3.8, 4) is 0 Å². The van der Waals surface area contributed by atoms with E-state index in [1.54, 1.807) is 11.3 Å². The van der Waals surface area contributed by atoms with E-state index in [9.17, 15) is 0 Å². The van der Waals surface area contributed by atoms with Crippen LogP contribution < -0.4 is 5.73 Å². The average molecular weight is 305 g/mol. The zero-order valence-corrected chi connectivity index (χ0v) is 13.6. The number of rotatable bonds is 4. The molecule has 2 N–H and O–H groups in total. The van der Waals surface area contributed by atoms with Crippen molar-refractivity contribution in [1.82, 2.24) is 19.8 Å². The second kappa shape index (κ2) is 6.25. The minimum atomic E-state index is 0.602. The average Bonchev–Trinajstić information content (AvgIpc) is 2.96. The topological polar surface area (TPSA) is 58.3 Å². The molecule has 5 nitrogen and oxygen atoms in total. The largest absolute Gasteiger partial charge is 0.383 e. The quantitative estimate of drug-likeness (QED) is 0.938. The van der Waals surface area contributed by atoms with Gasteiger partial charge in [-0.2, -0.15) is 0 Å². The van der Waals surface area contributed by atoms with Crippen molar-refractivity contribution < 1.29 is 0 Å². The van der Waals surface area contributed by atoms with E-state index in [4.69, 9.17) is 5.73 Å². The van der Waals surface area contributed by atoms with Crippen molar-refractivity contribution in [2.75, 3.05) is 32.4 Å². The van der Waals surface area contributed by atoms with E-state index >= 15 is 0 Å². The summed E-state index contributed by atoms with van der Waals surface area (Å²) < 4.78 is 0. The number of hydrogen-bond donors (Lipinski definition) is 1. The van der Waals surface area contributed by atoms with E-state index < -0.39 is 0 Å². The molecule has 2 aromatic heterocycles. The van der Waals surface area contributed by atoms with Gasteiger partial charge in [0.1, 0.15) is 16.5 Å². The van der Waals surface area contributed by atoms with Gasteiger partial charge < -0.3 is 10.6 Å². The summed E-state index contributed by atoms with van der Waals surface area (Å²) >= 11 is 1.63. The van der Waals surface area contributed by atoms with Gasteiger partial charge in [-0.05, 0) is 51.0 Å². The molecule has 3 heterocycles. The van der Waals surface area contributed by atoms with Crippen LogP contribution in [0.2, 0.25) is 0 Å². The van der Waals surface area contributed by atoms with E-state index in [0.717, 1.165) is 29.1 Å². The Balaban J connectivity index is 1.67. The van der Waals surface area contributed by atoms with E-state index in [2.05, 4.69) is 33.7 Å². The number of piperidine rings is 1. The first-order chi connectivity index (χ1) is 10.2. The summed E-state index contributed by atoms with van der Waals surface area (Å²) in [4.78, 5) is 15.0. The second-order valence-corrected chi connectivity index (χ2v) is 6.64. The Hall–Kier alpha value is -1.24. The van der Waals surface area contributed by atoms with Crippen LogP contribution in [0.25, 0.3) is 10.2 Å². The zero-order chi connectivity index (χ0) is 14.8. The third-order valence-electron chi connectivity index (χ3n) is 4.42. The molecule has 0 saturated carbocycles. The fourth-order valence-electron chi connectivity index (χ4n) is 3.02. The normalized spacial score (nSPS) is 17.9. The first-order valence-electron chi connectivity index (χ1n) is 7.59. The minimum absolute atomic E-state index is 0.602. The van der Waals surface area contributed by atoms with E-state index in [0.29, 0.717) is 11.9 Å². The first kappa shape index (κ1) is 14.7. The highest BCUT2D eigenvalue weighted by Gasteiger charge is 2.22. The number of nitrogen functional groups attached to an aromatic ring is 1. The summed E-state index contributed by atoms with van der Waals surface area (Å²) in [5.41, 5.74) is 6.02. The van der Waals surface area contributed by atoms with Crippen LogP contribution in [0.1, 0.15) is 25.6 Å². The van der Waals surface area contributed by atoms with Gasteiger partial charge in [-0.25, -0.2) is 9.97 Å². The number of aromatic nitrogens is 2. The number of nitrogens with zero attached hydrogens (tertiary/aromatic N) is 4. The monoisotopic (exact) mass is 305 g/mol. The third-order valence-corrected chi connectivity index (χ3v) is 5.23. The third kappa shape index (κ3) is 3.17. The molecule has 6 heteroatoms. The van der Waals surface area contributed by atoms with E-state index in [-0.39, 0.29) is 0 Å². The summed E-state index contributed by atoms with van der Waals surface area (Å²) in [6.07, 6.45) is 2.45. The Kier molecular flexibility index (Phi) is 4.37. The van der Waals surface area contributed by atoms with Gasteiger partial charge in [0.05, 0.1) is 11.9 Å². The fraction of sp³-hybridized carbons (Fsp3) is 0.600. The maximum absolute atomic E-state index is 6.02. The highest BCUT2D eigenvalue weighted by atomic mass is 32.1. The summed E-state index contributed by atoms with van der Waals surface area (Å²) in [5, 5.41) is 2.99. The predicted molar refractivity (Wildman–Crippen MR) is 88.4 cm³/mol. The SMILES string of the molecule is CCN1CCC(N(C)Cc2nc(N)c3ccsc3n2)CC1. The Morgan fingerprint density at radius 3 is 2.86 bits per heavy atom. The van der Waals surface area contributed by atoms with Crippen LogP contribution in [-0.4, -0.2) is 52.5 Å². The maximum Gasteiger partial charge on any atom is 0.146 e. The van der Waals surface area contributed by atoms with Gasteiger partial charge in [0.2, 0.25) is 0 Å². The lowest BCUT2D eigenvalue weighted by molar-refractivity contribution is 0.125. The van der Waals surface area contributed by atoms with Crippen LogP contribution in [0, 0.1) is 0 Å². The number of anilines is 1. The van der Waals surface area contributed by atoms with Crippen molar-refractivity contribution in [2.45, 2.75) is 32.4 Å². The highest BCUT2D eigenvalue weighted by Crippen LogP contribution is 2.24. The van der Waals surface area contributed by atoms with Crippen LogP contribution in [0.15, 0.2) is 11.4 Å². The van der Waals surface area contributed by atoms with Crippen molar-refractivity contribution in [3.63, 3.8) is 0 Å². The lowest BCUT2D eigenvalue weighted by atomic mass is 10.0. The molecule has 2 aromatic rings. The number of hydrogen-bond acceptors (Lipinski definition) is 6. The second-order valence-electron chi connectivity index (χ2n) is 5.75. The zero-order valence-electron chi connectivity index (χ0n) is 12.7. The molecule has 1 aliphatic rings. The lowest BCUT2D eigenvalue weighted by Gasteiger charge is -2.36. The molecule has 0 aliphatic carbocycles. The number of likely N-dealkylation sites (tertiary alicyclic amines) is 1. The molecule has 21 heavy (non-hydrogen) atoms. The standard InChI is InChI=1S/C15H23N5S/c1-3-20-7-4-11(5-8-20)19(2)10-13-17-14(16)12-6-9-21-15(12)18-13/h6,9,11H,3-5,7-8,10H2,1-2H3,(H2,16,17,18). The van der Waals surface area contributed by atoms with E-state index in [1.807, 2.05) is 11.4 Å². The van der Waals surface area contributed by atoms with Crippen LogP contribution in [0.3, 0.4) is 0 Å². The number of nitrogens with two attached hydrogens (primary N) is 1. The molecular formula is C15H23N5S. The lowest BCUT2D eigenvalue weighted by Crippen LogP contribution is -2.43. The van der Waals surface area contributed by atoms with Crippen LogP contribution >= 0.6 is 11.3 Å². The van der Waals surface area contributed by atoms with Crippen LogP contribution in [-0.2, 0) is 6.54 Å². The predicted octanol–water partition coefficient (Wildman–Crippen LogP) is 2.19. The summed E-state index contributed by atoms with van der Waals surface area (Å²) in [5.74, 6) is 1.44. The van der Waals surface area contributed by atoms with Crippen molar-refractivity contribution in [2.24, 2.45) is 0 Å². The molecule has 0 spiro atoms. The number of fused-ring (bicyclic) bond motifs is 1. The van der Waals surface area contributed by atoms with Gasteiger partial charge in [0, 0.05) is 6.04 Å². The van der Waals surface area contributed by atoms with Crippen molar-refractivity contribution >= 4 is 27.4 Å². The molecule has 0 atom stereocenters. The number of thiophene rings is 1. The molecule has 0 amide bonds. The van der Waals surface area contributed by atoms with E-state index in [1.165, 1.54) is 25.9 Å². The van der Waals surface area contributed by atoms with Gasteiger partial charge in [0.25, 0.3) is 0 Å². The smallest absolute Gasteiger partial charge is 0.146 e. The fourth-order valence-corrected chi connectivity index (χ4v) is 3.81. The maximum atomic E-state index is 6.02.